The van der Waals surface area contributed by atoms with Gasteiger partial charge >= 0.3 is 6.03 Å². The van der Waals surface area contributed by atoms with Gasteiger partial charge in [-0.15, -0.1) is 0 Å². The number of likely N-dealkylation sites (tertiary alicyclic amines) is 1. The minimum Gasteiger partial charge on any atom is -0.338 e. The minimum absolute atomic E-state index is 0.00890. The third-order valence-electron chi connectivity index (χ3n) is 5.18. The molecule has 0 aliphatic carbocycles. The fraction of sp³-hybridized carbons (Fsp3) is 0.364. The first-order chi connectivity index (χ1) is 13.0. The first-order valence-electron chi connectivity index (χ1n) is 9.48. The average Bonchev–Trinajstić information content (AvgIpc) is 3.03. The molecule has 0 spiro atoms. The first-order valence-corrected chi connectivity index (χ1v) is 9.48. The number of hydrogen-bond donors (Lipinski definition) is 2. The van der Waals surface area contributed by atoms with Crippen LogP contribution in [0.3, 0.4) is 0 Å². The van der Waals surface area contributed by atoms with Crippen LogP contribution in [0.4, 0.5) is 4.79 Å². The van der Waals surface area contributed by atoms with Gasteiger partial charge < -0.3 is 15.5 Å². The van der Waals surface area contributed by atoms with Crippen molar-refractivity contribution in [3.63, 3.8) is 0 Å². The SMILES string of the molecule is Cc1ccccc1CCNC(=O)NC1CC(=O)N(C(C)c2ccccc2)C1. The molecule has 2 unspecified atom stereocenters. The maximum atomic E-state index is 12.4. The lowest BCUT2D eigenvalue weighted by atomic mass is 10.1. The van der Waals surface area contributed by atoms with Crippen molar-refractivity contribution in [2.24, 2.45) is 0 Å². The normalized spacial score (nSPS) is 17.6. The molecule has 2 aromatic carbocycles. The molecule has 5 heteroatoms. The second-order valence-corrected chi connectivity index (χ2v) is 7.11. The minimum atomic E-state index is -0.212. The zero-order chi connectivity index (χ0) is 19.2. The molecule has 1 aliphatic rings. The van der Waals surface area contributed by atoms with Gasteiger partial charge in [0.2, 0.25) is 5.91 Å². The van der Waals surface area contributed by atoms with Gasteiger partial charge in [-0.2, -0.15) is 0 Å². The van der Waals surface area contributed by atoms with Crippen LogP contribution in [0.5, 0.6) is 0 Å². The van der Waals surface area contributed by atoms with Gasteiger partial charge in [0.1, 0.15) is 0 Å². The number of rotatable bonds is 6. The molecule has 3 rings (SSSR count). The molecular weight excluding hydrogens is 338 g/mol. The number of benzene rings is 2. The van der Waals surface area contributed by atoms with Gasteiger partial charge in [-0.25, -0.2) is 4.79 Å². The lowest BCUT2D eigenvalue weighted by Crippen LogP contribution is -2.44. The van der Waals surface area contributed by atoms with Crippen molar-refractivity contribution in [1.29, 1.82) is 0 Å². The first kappa shape index (κ1) is 19.0. The molecule has 5 nitrogen and oxygen atoms in total. The van der Waals surface area contributed by atoms with Crippen LogP contribution in [0, 0.1) is 6.92 Å². The van der Waals surface area contributed by atoms with E-state index in [9.17, 15) is 9.59 Å². The molecule has 27 heavy (non-hydrogen) atoms. The summed E-state index contributed by atoms with van der Waals surface area (Å²) in [5.74, 6) is 0.0802. The van der Waals surface area contributed by atoms with E-state index in [0.29, 0.717) is 19.5 Å². The maximum absolute atomic E-state index is 12.4. The molecule has 142 valence electrons. The summed E-state index contributed by atoms with van der Waals surface area (Å²) in [5, 5.41) is 5.83. The van der Waals surface area contributed by atoms with Crippen LogP contribution in [0.15, 0.2) is 54.6 Å². The summed E-state index contributed by atoms with van der Waals surface area (Å²) in [6.07, 6.45) is 1.14. The second kappa shape index (κ2) is 8.71. The average molecular weight is 365 g/mol. The highest BCUT2D eigenvalue weighted by molar-refractivity contribution is 5.82. The monoisotopic (exact) mass is 365 g/mol. The van der Waals surface area contributed by atoms with Crippen LogP contribution in [0.2, 0.25) is 0 Å². The number of aryl methyl sites for hydroxylation is 1. The summed E-state index contributed by atoms with van der Waals surface area (Å²) in [7, 11) is 0. The van der Waals surface area contributed by atoms with E-state index in [1.807, 2.05) is 54.3 Å². The quantitative estimate of drug-likeness (QED) is 0.826. The number of hydrogen-bond acceptors (Lipinski definition) is 2. The summed E-state index contributed by atoms with van der Waals surface area (Å²) in [5.41, 5.74) is 3.57. The van der Waals surface area contributed by atoms with E-state index >= 15 is 0 Å². The number of amides is 3. The van der Waals surface area contributed by atoms with Gasteiger partial charge in [-0.1, -0.05) is 54.6 Å². The van der Waals surface area contributed by atoms with E-state index < -0.39 is 0 Å². The smallest absolute Gasteiger partial charge is 0.315 e. The predicted octanol–water partition coefficient (Wildman–Crippen LogP) is 3.20. The van der Waals surface area contributed by atoms with Gasteiger partial charge in [0.05, 0.1) is 12.1 Å². The van der Waals surface area contributed by atoms with Crippen LogP contribution in [-0.4, -0.2) is 36.0 Å². The summed E-state index contributed by atoms with van der Waals surface area (Å²) in [6, 6.07) is 17.8. The van der Waals surface area contributed by atoms with E-state index in [2.05, 4.69) is 29.7 Å². The van der Waals surface area contributed by atoms with Crippen LogP contribution in [-0.2, 0) is 11.2 Å². The molecule has 2 atom stereocenters. The zero-order valence-corrected chi connectivity index (χ0v) is 15.9. The maximum Gasteiger partial charge on any atom is 0.315 e. The molecule has 1 heterocycles. The van der Waals surface area contributed by atoms with Crippen LogP contribution < -0.4 is 10.6 Å². The topological polar surface area (TPSA) is 61.4 Å². The molecule has 3 amide bonds. The standard InChI is InChI=1S/C22H27N3O2/c1-16-8-6-7-9-18(16)12-13-23-22(27)24-20-14-21(26)25(15-20)17(2)19-10-4-3-5-11-19/h3-11,17,20H,12-15H2,1-2H3,(H2,23,24,27). The zero-order valence-electron chi connectivity index (χ0n) is 15.9. The highest BCUT2D eigenvalue weighted by atomic mass is 16.2. The van der Waals surface area contributed by atoms with Crippen molar-refractivity contribution in [1.82, 2.24) is 15.5 Å². The molecule has 2 aromatic rings. The van der Waals surface area contributed by atoms with E-state index in [-0.39, 0.29) is 24.0 Å². The van der Waals surface area contributed by atoms with Gasteiger partial charge in [-0.3, -0.25) is 4.79 Å². The van der Waals surface area contributed by atoms with Crippen LogP contribution in [0.1, 0.15) is 36.1 Å². The predicted molar refractivity (Wildman–Crippen MR) is 106 cm³/mol. The van der Waals surface area contributed by atoms with Crippen molar-refractivity contribution >= 4 is 11.9 Å². The van der Waals surface area contributed by atoms with Crippen molar-refractivity contribution in [3.05, 3.63) is 71.3 Å². The van der Waals surface area contributed by atoms with Gasteiger partial charge in [0, 0.05) is 19.5 Å². The van der Waals surface area contributed by atoms with E-state index in [0.717, 1.165) is 12.0 Å². The Morgan fingerprint density at radius 2 is 1.85 bits per heavy atom. The Kier molecular flexibility index (Phi) is 6.12. The molecule has 0 aromatic heterocycles. The summed E-state index contributed by atoms with van der Waals surface area (Å²) < 4.78 is 0. The Morgan fingerprint density at radius 1 is 1.15 bits per heavy atom. The van der Waals surface area contributed by atoms with Crippen molar-refractivity contribution in [3.8, 4) is 0 Å². The van der Waals surface area contributed by atoms with Crippen molar-refractivity contribution in [2.75, 3.05) is 13.1 Å². The van der Waals surface area contributed by atoms with Gasteiger partial charge in [-0.05, 0) is 37.0 Å². The number of carbonyl (C=O) groups excluding carboxylic acids is 2. The fourth-order valence-electron chi connectivity index (χ4n) is 3.55. The highest BCUT2D eigenvalue weighted by Gasteiger charge is 2.33. The molecule has 0 bridgehead atoms. The molecule has 1 aliphatic heterocycles. The van der Waals surface area contributed by atoms with Gasteiger partial charge in [0.25, 0.3) is 0 Å². The lowest BCUT2D eigenvalue weighted by molar-refractivity contribution is -0.129. The summed E-state index contributed by atoms with van der Waals surface area (Å²) in [6.45, 7) is 5.21. The van der Waals surface area contributed by atoms with Crippen LogP contribution in [0.25, 0.3) is 0 Å². The molecule has 0 radical (unpaired) electrons. The third-order valence-corrected chi connectivity index (χ3v) is 5.18. The van der Waals surface area contributed by atoms with E-state index in [1.54, 1.807) is 0 Å². The van der Waals surface area contributed by atoms with Crippen molar-refractivity contribution in [2.45, 2.75) is 38.8 Å². The Morgan fingerprint density at radius 3 is 2.59 bits per heavy atom. The Bertz CT molecular complexity index is 791. The molecular formula is C22H27N3O2. The second-order valence-electron chi connectivity index (χ2n) is 7.11. The van der Waals surface area contributed by atoms with E-state index in [1.165, 1.54) is 11.1 Å². The number of urea groups is 1. The molecule has 0 saturated carbocycles. The Labute approximate surface area is 160 Å². The van der Waals surface area contributed by atoms with E-state index in [4.69, 9.17) is 0 Å². The number of carbonyl (C=O) groups is 2. The van der Waals surface area contributed by atoms with Crippen LogP contribution >= 0.6 is 0 Å². The Hall–Kier alpha value is -2.82. The fourth-order valence-corrected chi connectivity index (χ4v) is 3.55. The Balaban J connectivity index is 1.46. The summed E-state index contributed by atoms with van der Waals surface area (Å²) >= 11 is 0. The van der Waals surface area contributed by atoms with Gasteiger partial charge in [0.15, 0.2) is 0 Å². The third kappa shape index (κ3) is 4.88. The highest BCUT2D eigenvalue weighted by Crippen LogP contribution is 2.25. The largest absolute Gasteiger partial charge is 0.338 e. The number of nitrogens with one attached hydrogen (secondary N) is 2. The van der Waals surface area contributed by atoms with Crippen molar-refractivity contribution < 1.29 is 9.59 Å². The molecule has 2 N–H and O–H groups in total. The number of nitrogens with zero attached hydrogens (tertiary/aromatic N) is 1. The molecule has 1 fully saturated rings. The summed E-state index contributed by atoms with van der Waals surface area (Å²) in [4.78, 5) is 26.4. The molecule has 1 saturated heterocycles. The lowest BCUT2D eigenvalue weighted by Gasteiger charge is -2.25.